The van der Waals surface area contributed by atoms with Gasteiger partial charge in [-0.15, -0.1) is 0 Å². The fourth-order valence-corrected chi connectivity index (χ4v) is 3.10. The van der Waals surface area contributed by atoms with Gasteiger partial charge >= 0.3 is 0 Å². The van der Waals surface area contributed by atoms with Crippen LogP contribution in [-0.4, -0.2) is 50.1 Å². The number of piperazine rings is 1. The number of hydrogen-bond donors (Lipinski definition) is 1. The summed E-state index contributed by atoms with van der Waals surface area (Å²) in [6.07, 6.45) is 1.23. The molecule has 2 aromatic rings. The smallest absolute Gasteiger partial charge is 0.298 e. The second-order valence-corrected chi connectivity index (χ2v) is 6.86. The molecule has 108 valence electrons. The molecule has 1 aliphatic heterocycles. The van der Waals surface area contributed by atoms with Gasteiger partial charge in [0.15, 0.2) is 5.58 Å². The number of nitrogens with two attached hydrogens (primary N) is 1. The van der Waals surface area contributed by atoms with Crippen LogP contribution < -0.4 is 10.6 Å². The zero-order valence-corrected chi connectivity index (χ0v) is 11.9. The number of benzene rings is 1. The summed E-state index contributed by atoms with van der Waals surface area (Å²) in [7, 11) is -3.12. The lowest BCUT2D eigenvalue weighted by atomic mass is 10.3. The summed E-state index contributed by atoms with van der Waals surface area (Å²) in [5.74, 6) is 0. The van der Waals surface area contributed by atoms with Crippen LogP contribution in [0.15, 0.2) is 22.6 Å². The summed E-state index contributed by atoms with van der Waals surface area (Å²) >= 11 is 0. The van der Waals surface area contributed by atoms with E-state index in [1.807, 2.05) is 11.0 Å². The summed E-state index contributed by atoms with van der Waals surface area (Å²) in [6, 6.07) is 5.83. The average molecular weight is 296 g/mol. The number of sulfonamides is 1. The van der Waals surface area contributed by atoms with Crippen molar-refractivity contribution in [3.05, 3.63) is 18.2 Å². The van der Waals surface area contributed by atoms with Crippen molar-refractivity contribution in [3.63, 3.8) is 0 Å². The molecule has 0 saturated carbocycles. The number of nitrogens with zero attached hydrogens (tertiary/aromatic N) is 3. The van der Waals surface area contributed by atoms with Gasteiger partial charge in [-0.2, -0.15) is 9.29 Å². The summed E-state index contributed by atoms with van der Waals surface area (Å²) in [4.78, 5) is 6.34. The molecule has 8 heteroatoms. The van der Waals surface area contributed by atoms with Crippen LogP contribution in [0.4, 0.5) is 11.7 Å². The van der Waals surface area contributed by atoms with Crippen molar-refractivity contribution >= 4 is 32.8 Å². The molecule has 1 aromatic heterocycles. The van der Waals surface area contributed by atoms with Crippen LogP contribution in [0.1, 0.15) is 0 Å². The highest BCUT2D eigenvalue weighted by Gasteiger charge is 2.25. The SMILES string of the molecule is CS(=O)(=O)N1CCN(c2nc3ccc(N)cc3o2)CC1. The van der Waals surface area contributed by atoms with E-state index in [0.29, 0.717) is 43.5 Å². The monoisotopic (exact) mass is 296 g/mol. The van der Waals surface area contributed by atoms with Gasteiger partial charge in [0.25, 0.3) is 6.01 Å². The van der Waals surface area contributed by atoms with Crippen LogP contribution in [0.5, 0.6) is 0 Å². The van der Waals surface area contributed by atoms with Crippen molar-refractivity contribution in [1.82, 2.24) is 9.29 Å². The van der Waals surface area contributed by atoms with Crippen LogP contribution in [-0.2, 0) is 10.0 Å². The van der Waals surface area contributed by atoms with E-state index in [1.165, 1.54) is 10.6 Å². The molecular weight excluding hydrogens is 280 g/mol. The van der Waals surface area contributed by atoms with Gasteiger partial charge in [0.1, 0.15) is 5.52 Å². The minimum absolute atomic E-state index is 0.444. The lowest BCUT2D eigenvalue weighted by Gasteiger charge is -2.32. The fraction of sp³-hybridized carbons (Fsp3) is 0.417. The van der Waals surface area contributed by atoms with Crippen molar-refractivity contribution in [2.45, 2.75) is 0 Å². The van der Waals surface area contributed by atoms with Crippen molar-refractivity contribution < 1.29 is 12.8 Å². The number of oxazole rings is 1. The maximum absolute atomic E-state index is 11.5. The second-order valence-electron chi connectivity index (χ2n) is 4.87. The van der Waals surface area contributed by atoms with E-state index in [2.05, 4.69) is 4.98 Å². The molecule has 2 heterocycles. The maximum atomic E-state index is 11.5. The predicted molar refractivity (Wildman–Crippen MR) is 77.1 cm³/mol. The minimum Gasteiger partial charge on any atom is -0.423 e. The first kappa shape index (κ1) is 13.2. The molecule has 3 rings (SSSR count). The zero-order chi connectivity index (χ0) is 14.3. The van der Waals surface area contributed by atoms with Crippen molar-refractivity contribution in [3.8, 4) is 0 Å². The molecule has 0 amide bonds. The number of hydrogen-bond acceptors (Lipinski definition) is 6. The van der Waals surface area contributed by atoms with E-state index in [9.17, 15) is 8.42 Å². The lowest BCUT2D eigenvalue weighted by molar-refractivity contribution is 0.376. The molecule has 7 nitrogen and oxygen atoms in total. The summed E-state index contributed by atoms with van der Waals surface area (Å²) in [5, 5.41) is 0. The third-order valence-corrected chi connectivity index (χ3v) is 4.68. The first-order valence-corrected chi connectivity index (χ1v) is 8.14. The topological polar surface area (TPSA) is 92.7 Å². The summed E-state index contributed by atoms with van der Waals surface area (Å²) in [5.41, 5.74) is 7.72. The normalized spacial score (nSPS) is 17.8. The Morgan fingerprint density at radius 3 is 2.60 bits per heavy atom. The van der Waals surface area contributed by atoms with E-state index in [1.54, 1.807) is 12.1 Å². The van der Waals surface area contributed by atoms with Gasteiger partial charge in [-0.1, -0.05) is 0 Å². The number of aromatic nitrogens is 1. The number of rotatable bonds is 2. The molecule has 1 aromatic carbocycles. The highest BCUT2D eigenvalue weighted by molar-refractivity contribution is 7.88. The van der Waals surface area contributed by atoms with Crippen LogP contribution in [0.2, 0.25) is 0 Å². The summed E-state index contributed by atoms with van der Waals surface area (Å²) in [6.45, 7) is 2.02. The molecule has 0 unspecified atom stereocenters. The van der Waals surface area contributed by atoms with E-state index in [4.69, 9.17) is 10.2 Å². The van der Waals surface area contributed by atoms with Gasteiger partial charge < -0.3 is 15.1 Å². The Morgan fingerprint density at radius 2 is 1.95 bits per heavy atom. The Morgan fingerprint density at radius 1 is 1.25 bits per heavy atom. The molecular formula is C12H16N4O3S. The van der Waals surface area contributed by atoms with Gasteiger partial charge in [0, 0.05) is 37.9 Å². The van der Waals surface area contributed by atoms with Crippen molar-refractivity contribution in [1.29, 1.82) is 0 Å². The second kappa shape index (κ2) is 4.64. The number of fused-ring (bicyclic) bond motifs is 1. The Balaban J connectivity index is 1.80. The molecule has 20 heavy (non-hydrogen) atoms. The fourth-order valence-electron chi connectivity index (χ4n) is 2.28. The van der Waals surface area contributed by atoms with Gasteiger partial charge in [0.05, 0.1) is 6.26 Å². The zero-order valence-electron chi connectivity index (χ0n) is 11.1. The van der Waals surface area contributed by atoms with Crippen LogP contribution in [0, 0.1) is 0 Å². The summed E-state index contributed by atoms with van der Waals surface area (Å²) < 4.78 is 30.1. The van der Waals surface area contributed by atoms with E-state index < -0.39 is 10.0 Å². The van der Waals surface area contributed by atoms with Crippen LogP contribution in [0.25, 0.3) is 11.1 Å². The van der Waals surface area contributed by atoms with Crippen LogP contribution in [0.3, 0.4) is 0 Å². The Hall–Kier alpha value is -1.80. The quantitative estimate of drug-likeness (QED) is 0.811. The van der Waals surface area contributed by atoms with Gasteiger partial charge in [-0.05, 0) is 12.1 Å². The van der Waals surface area contributed by atoms with Gasteiger partial charge in [-0.3, -0.25) is 0 Å². The molecule has 0 bridgehead atoms. The van der Waals surface area contributed by atoms with Gasteiger partial charge in [-0.25, -0.2) is 8.42 Å². The third-order valence-electron chi connectivity index (χ3n) is 3.38. The molecule has 0 radical (unpaired) electrons. The highest BCUT2D eigenvalue weighted by atomic mass is 32.2. The maximum Gasteiger partial charge on any atom is 0.298 e. The lowest BCUT2D eigenvalue weighted by Crippen LogP contribution is -2.48. The first-order chi connectivity index (χ1) is 9.43. The van der Waals surface area contributed by atoms with Gasteiger partial charge in [0.2, 0.25) is 10.0 Å². The molecule has 0 aliphatic carbocycles. The van der Waals surface area contributed by atoms with E-state index in [0.717, 1.165) is 5.52 Å². The number of anilines is 2. The minimum atomic E-state index is -3.12. The molecule has 0 atom stereocenters. The van der Waals surface area contributed by atoms with Crippen molar-refractivity contribution in [2.24, 2.45) is 0 Å². The van der Waals surface area contributed by atoms with E-state index >= 15 is 0 Å². The standard InChI is InChI=1S/C12H16N4O3S/c1-20(17,18)16-6-4-15(5-7-16)12-14-10-3-2-9(13)8-11(10)19-12/h2-3,8H,4-7,13H2,1H3. The molecule has 2 N–H and O–H groups in total. The Labute approximate surface area is 117 Å². The average Bonchev–Trinajstić information content (AvgIpc) is 2.80. The highest BCUT2D eigenvalue weighted by Crippen LogP contribution is 2.24. The van der Waals surface area contributed by atoms with Crippen molar-refractivity contribution in [2.75, 3.05) is 43.1 Å². The predicted octanol–water partition coefficient (Wildman–Crippen LogP) is 0.492. The molecule has 1 fully saturated rings. The molecule has 0 spiro atoms. The van der Waals surface area contributed by atoms with E-state index in [-0.39, 0.29) is 0 Å². The molecule has 1 aliphatic rings. The molecule has 1 saturated heterocycles. The van der Waals surface area contributed by atoms with Crippen LogP contribution >= 0.6 is 0 Å². The largest absolute Gasteiger partial charge is 0.423 e. The third kappa shape index (κ3) is 2.44. The Bertz CT molecular complexity index is 732. The first-order valence-electron chi connectivity index (χ1n) is 6.29. The Kier molecular flexibility index (Phi) is 3.06. The number of nitrogen functional groups attached to an aromatic ring is 1.